The number of fused-ring (bicyclic) bond motifs is 1. The zero-order chi connectivity index (χ0) is 23.8. The van der Waals surface area contributed by atoms with Gasteiger partial charge in [-0.3, -0.25) is 9.59 Å². The van der Waals surface area contributed by atoms with Crippen LogP contribution in [0.1, 0.15) is 30.9 Å². The van der Waals surface area contributed by atoms with Crippen LogP contribution in [0.3, 0.4) is 0 Å². The van der Waals surface area contributed by atoms with Crippen LogP contribution >= 0.6 is 11.6 Å². The van der Waals surface area contributed by atoms with Gasteiger partial charge in [-0.05, 0) is 49.9 Å². The van der Waals surface area contributed by atoms with Gasteiger partial charge < -0.3 is 15.4 Å². The second-order valence-electron chi connectivity index (χ2n) is 8.37. The lowest BCUT2D eigenvalue weighted by atomic mass is 9.99. The molecular weight excluding hydrogens is 466 g/mol. The fraction of sp³-hybridized carbons (Fsp3) is 0.391. The van der Waals surface area contributed by atoms with E-state index < -0.39 is 22.0 Å². The summed E-state index contributed by atoms with van der Waals surface area (Å²) in [6, 6.07) is 10.3. The zero-order valence-electron chi connectivity index (χ0n) is 18.4. The number of hydrogen-bond donors (Lipinski definition) is 2. The zero-order valence-corrected chi connectivity index (χ0v) is 20.0. The molecule has 0 aliphatic carbocycles. The number of hydrogen-bond acceptors (Lipinski definition) is 5. The predicted molar refractivity (Wildman–Crippen MR) is 125 cm³/mol. The molecule has 2 aromatic carbocycles. The highest BCUT2D eigenvalue weighted by Crippen LogP contribution is 2.36. The molecule has 0 radical (unpaired) electrons. The largest absolute Gasteiger partial charge is 0.479 e. The van der Waals surface area contributed by atoms with Crippen molar-refractivity contribution in [2.45, 2.75) is 44.2 Å². The molecule has 0 aromatic heterocycles. The maximum Gasteiger partial charge on any atom is 0.265 e. The molecule has 0 bridgehead atoms. The van der Waals surface area contributed by atoms with Crippen molar-refractivity contribution in [3.63, 3.8) is 0 Å². The number of ether oxygens (including phenoxy) is 1. The van der Waals surface area contributed by atoms with E-state index in [1.165, 1.54) is 10.4 Å². The van der Waals surface area contributed by atoms with Crippen LogP contribution < -0.4 is 15.4 Å². The van der Waals surface area contributed by atoms with Crippen molar-refractivity contribution in [3.8, 4) is 5.75 Å². The summed E-state index contributed by atoms with van der Waals surface area (Å²) in [4.78, 5) is 24.7. The fourth-order valence-electron chi connectivity index (χ4n) is 4.10. The Labute approximate surface area is 198 Å². The minimum absolute atomic E-state index is 0.0984. The number of carbonyl (C=O) groups is 2. The third-order valence-electron chi connectivity index (χ3n) is 5.99. The maximum absolute atomic E-state index is 13.5. The Hall–Kier alpha value is -2.62. The predicted octanol–water partition coefficient (Wildman–Crippen LogP) is 3.08. The number of piperidine rings is 1. The summed E-state index contributed by atoms with van der Waals surface area (Å²) in [5, 5.41) is 6.18. The summed E-state index contributed by atoms with van der Waals surface area (Å²) in [6.07, 6.45) is 0.477. The van der Waals surface area contributed by atoms with Crippen LogP contribution in [0.25, 0.3) is 0 Å². The molecule has 2 amide bonds. The summed E-state index contributed by atoms with van der Waals surface area (Å²) < 4.78 is 33.9. The van der Waals surface area contributed by atoms with Crippen LogP contribution in [0.15, 0.2) is 41.3 Å². The van der Waals surface area contributed by atoms with Crippen molar-refractivity contribution in [1.29, 1.82) is 0 Å². The Balaban J connectivity index is 1.49. The molecule has 2 aliphatic rings. The van der Waals surface area contributed by atoms with Crippen molar-refractivity contribution < 1.29 is 22.7 Å². The van der Waals surface area contributed by atoms with Crippen LogP contribution in [0.4, 0.5) is 5.69 Å². The van der Waals surface area contributed by atoms with Crippen molar-refractivity contribution in [1.82, 2.24) is 9.62 Å². The molecule has 33 heavy (non-hydrogen) atoms. The van der Waals surface area contributed by atoms with Gasteiger partial charge in [0, 0.05) is 30.7 Å². The first kappa shape index (κ1) is 23.5. The molecular formula is C23H26ClN3O5S. The lowest BCUT2D eigenvalue weighted by Gasteiger charge is -2.32. The van der Waals surface area contributed by atoms with E-state index in [1.807, 2.05) is 18.2 Å². The number of benzene rings is 2. The summed E-state index contributed by atoms with van der Waals surface area (Å²) in [5.74, 6) is -0.613. The molecule has 8 nitrogen and oxygen atoms in total. The molecule has 2 aliphatic heterocycles. The van der Waals surface area contributed by atoms with E-state index in [0.29, 0.717) is 41.4 Å². The standard InChI is InChI=1S/C23H26ClN3O5S/c1-14-10-19-20(32-15(2)22(28)26-19)11-21(14)33(30,31)27-9-5-7-17(13-27)23(29)25-12-16-6-3-4-8-18(16)24/h3-4,6,8,10-11,15,17H,5,7,9,12-13H2,1-2H3,(H,25,29)(H,26,28)/t15-,17+/m0/s1. The maximum atomic E-state index is 13.5. The lowest BCUT2D eigenvalue weighted by molar-refractivity contribution is -0.126. The summed E-state index contributed by atoms with van der Waals surface area (Å²) >= 11 is 6.15. The van der Waals surface area contributed by atoms with Crippen LogP contribution in [0.2, 0.25) is 5.02 Å². The van der Waals surface area contributed by atoms with Crippen molar-refractivity contribution >= 4 is 39.1 Å². The molecule has 4 rings (SSSR count). The lowest BCUT2D eigenvalue weighted by Crippen LogP contribution is -2.45. The van der Waals surface area contributed by atoms with E-state index in [-0.39, 0.29) is 29.8 Å². The van der Waals surface area contributed by atoms with E-state index >= 15 is 0 Å². The van der Waals surface area contributed by atoms with Gasteiger partial charge in [-0.1, -0.05) is 29.8 Å². The number of halogens is 1. The number of anilines is 1. The van der Waals surface area contributed by atoms with E-state index in [9.17, 15) is 18.0 Å². The molecule has 2 aromatic rings. The Morgan fingerprint density at radius 1 is 1.30 bits per heavy atom. The van der Waals surface area contributed by atoms with Gasteiger partial charge in [-0.15, -0.1) is 0 Å². The topological polar surface area (TPSA) is 105 Å². The Morgan fingerprint density at radius 2 is 2.06 bits per heavy atom. The van der Waals surface area contributed by atoms with Gasteiger partial charge >= 0.3 is 0 Å². The summed E-state index contributed by atoms with van der Waals surface area (Å²) in [6.45, 7) is 3.99. The van der Waals surface area contributed by atoms with E-state index in [0.717, 1.165) is 5.56 Å². The van der Waals surface area contributed by atoms with Crippen LogP contribution in [-0.4, -0.2) is 43.7 Å². The van der Waals surface area contributed by atoms with E-state index in [4.69, 9.17) is 16.3 Å². The van der Waals surface area contributed by atoms with Crippen LogP contribution in [0, 0.1) is 12.8 Å². The molecule has 2 heterocycles. The van der Waals surface area contributed by atoms with Crippen LogP contribution in [-0.2, 0) is 26.2 Å². The quantitative estimate of drug-likeness (QED) is 0.668. The van der Waals surface area contributed by atoms with Gasteiger partial charge in [-0.2, -0.15) is 4.31 Å². The first-order valence-electron chi connectivity index (χ1n) is 10.8. The molecule has 0 saturated carbocycles. The number of sulfonamides is 1. The highest BCUT2D eigenvalue weighted by molar-refractivity contribution is 7.89. The number of rotatable bonds is 5. The van der Waals surface area contributed by atoms with Gasteiger partial charge in [0.1, 0.15) is 5.75 Å². The first-order chi connectivity index (χ1) is 15.7. The van der Waals surface area contributed by atoms with Gasteiger partial charge in [0.15, 0.2) is 6.10 Å². The molecule has 0 spiro atoms. The average molecular weight is 492 g/mol. The highest BCUT2D eigenvalue weighted by atomic mass is 35.5. The monoisotopic (exact) mass is 491 g/mol. The van der Waals surface area contributed by atoms with E-state index in [1.54, 1.807) is 26.0 Å². The number of amides is 2. The molecule has 10 heteroatoms. The summed E-state index contributed by atoms with van der Waals surface area (Å²) in [5.41, 5.74) is 1.75. The molecule has 1 fully saturated rings. The van der Waals surface area contributed by atoms with Gasteiger partial charge in [0.2, 0.25) is 15.9 Å². The third-order valence-corrected chi connectivity index (χ3v) is 8.37. The number of nitrogens with one attached hydrogen (secondary N) is 2. The number of nitrogens with zero attached hydrogens (tertiary/aromatic N) is 1. The first-order valence-corrected chi connectivity index (χ1v) is 12.6. The molecule has 1 saturated heterocycles. The Bertz CT molecular complexity index is 1200. The van der Waals surface area contributed by atoms with Gasteiger partial charge in [0.25, 0.3) is 5.91 Å². The second-order valence-corrected chi connectivity index (χ2v) is 10.7. The van der Waals surface area contributed by atoms with Gasteiger partial charge in [0.05, 0.1) is 16.5 Å². The van der Waals surface area contributed by atoms with Crippen molar-refractivity contribution in [2.75, 3.05) is 18.4 Å². The van der Waals surface area contributed by atoms with Crippen molar-refractivity contribution in [3.05, 3.63) is 52.5 Å². The second kappa shape index (κ2) is 9.32. The molecule has 2 N–H and O–H groups in total. The Kier molecular flexibility index (Phi) is 6.65. The van der Waals surface area contributed by atoms with Crippen molar-refractivity contribution in [2.24, 2.45) is 5.92 Å². The fourth-order valence-corrected chi connectivity index (χ4v) is 6.05. The average Bonchev–Trinajstić information content (AvgIpc) is 2.79. The van der Waals surface area contributed by atoms with Crippen LogP contribution in [0.5, 0.6) is 5.75 Å². The number of aryl methyl sites for hydroxylation is 1. The molecule has 2 atom stereocenters. The minimum Gasteiger partial charge on any atom is -0.479 e. The highest BCUT2D eigenvalue weighted by Gasteiger charge is 2.35. The third kappa shape index (κ3) is 4.85. The normalized spacial score (nSPS) is 21.0. The molecule has 176 valence electrons. The van der Waals surface area contributed by atoms with Gasteiger partial charge in [-0.25, -0.2) is 8.42 Å². The van der Waals surface area contributed by atoms with E-state index in [2.05, 4.69) is 10.6 Å². The SMILES string of the molecule is Cc1cc2c(cc1S(=O)(=O)N1CCC[C@@H](C(=O)NCc3ccccc3Cl)C1)O[C@@H](C)C(=O)N2. The smallest absolute Gasteiger partial charge is 0.265 e. The molecule has 0 unspecified atom stereocenters. The Morgan fingerprint density at radius 3 is 2.82 bits per heavy atom. The minimum atomic E-state index is -3.86. The summed E-state index contributed by atoms with van der Waals surface area (Å²) in [7, 11) is -3.86. The number of carbonyl (C=O) groups excluding carboxylic acids is 2.